The Morgan fingerprint density at radius 1 is 1.16 bits per heavy atom. The van der Waals surface area contributed by atoms with Crippen LogP contribution in [0.1, 0.15) is 39.3 Å². The molecule has 1 fully saturated rings. The molecule has 31 heavy (non-hydrogen) atoms. The minimum Gasteiger partial charge on any atom is -0.497 e. The molecule has 5 rings (SSSR count). The van der Waals surface area contributed by atoms with E-state index in [1.807, 2.05) is 35.2 Å². The van der Waals surface area contributed by atoms with Gasteiger partial charge in [-0.2, -0.15) is 0 Å². The number of nitrogens with one attached hydrogen (secondary N) is 1. The number of hydrogen-bond donors (Lipinski definition) is 1. The Kier molecular flexibility index (Phi) is 5.48. The zero-order chi connectivity index (χ0) is 21.2. The number of methoxy groups -OCH3 is 1. The molecule has 8 nitrogen and oxygen atoms in total. The number of rotatable bonds is 5. The van der Waals surface area contributed by atoms with Crippen molar-refractivity contribution in [1.82, 2.24) is 19.8 Å². The number of aromatic amines is 1. The third-order valence-electron chi connectivity index (χ3n) is 5.97. The van der Waals surface area contributed by atoms with E-state index in [2.05, 4.69) is 14.9 Å². The monoisotopic (exact) mass is 422 g/mol. The van der Waals surface area contributed by atoms with Gasteiger partial charge in [0.1, 0.15) is 17.6 Å². The first-order valence-corrected chi connectivity index (χ1v) is 10.6. The number of imidazole rings is 1. The Hall–Kier alpha value is -3.10. The van der Waals surface area contributed by atoms with Crippen LogP contribution in [0.3, 0.4) is 0 Å². The fourth-order valence-electron chi connectivity index (χ4n) is 4.32. The molecule has 2 aliphatic rings. The fraction of sp³-hybridized carbons (Fsp3) is 0.391. The third-order valence-corrected chi connectivity index (χ3v) is 5.97. The van der Waals surface area contributed by atoms with Crippen LogP contribution in [0.4, 0.5) is 0 Å². The maximum absolute atomic E-state index is 13.5. The number of ether oxygens (including phenoxy) is 2. The molecule has 1 saturated heterocycles. The number of fused-ring (bicyclic) bond motifs is 1. The molecule has 162 valence electrons. The van der Waals surface area contributed by atoms with Crippen LogP contribution in [-0.2, 0) is 17.7 Å². The lowest BCUT2D eigenvalue weighted by molar-refractivity contribution is 0.0309. The zero-order valence-corrected chi connectivity index (χ0v) is 17.5. The van der Waals surface area contributed by atoms with Gasteiger partial charge in [-0.1, -0.05) is 12.1 Å². The van der Waals surface area contributed by atoms with Crippen molar-refractivity contribution < 1.29 is 18.7 Å². The van der Waals surface area contributed by atoms with E-state index in [1.54, 1.807) is 19.5 Å². The topological polar surface area (TPSA) is 83.8 Å². The molecule has 3 aromatic rings. The number of amides is 1. The summed E-state index contributed by atoms with van der Waals surface area (Å²) in [6.07, 6.45) is 2.43. The molecule has 0 aliphatic carbocycles. The minimum absolute atomic E-state index is 0.123. The normalized spacial score (nSPS) is 19.3. The van der Waals surface area contributed by atoms with Crippen molar-refractivity contribution in [3.63, 3.8) is 0 Å². The van der Waals surface area contributed by atoms with E-state index in [4.69, 9.17) is 13.9 Å². The lowest BCUT2D eigenvalue weighted by Crippen LogP contribution is -2.40. The number of morpholine rings is 1. The van der Waals surface area contributed by atoms with E-state index in [0.717, 1.165) is 61.2 Å². The molecule has 8 heteroatoms. The summed E-state index contributed by atoms with van der Waals surface area (Å²) in [7, 11) is 1.64. The molecule has 2 aliphatic heterocycles. The van der Waals surface area contributed by atoms with E-state index in [1.165, 1.54) is 0 Å². The van der Waals surface area contributed by atoms with Crippen LogP contribution < -0.4 is 4.74 Å². The lowest BCUT2D eigenvalue weighted by atomic mass is 9.95. The van der Waals surface area contributed by atoms with Crippen molar-refractivity contribution in [2.45, 2.75) is 19.0 Å². The Bertz CT molecular complexity index is 1040. The van der Waals surface area contributed by atoms with Gasteiger partial charge in [-0.25, -0.2) is 4.98 Å². The molecule has 0 bridgehead atoms. The SMILES string of the molecule is COc1ccc([C@H]2c3nc[nH]c3CCN2C(=O)c2ccc(CN3CCOCC3)o2)cc1. The summed E-state index contributed by atoms with van der Waals surface area (Å²) in [4.78, 5) is 25.4. The van der Waals surface area contributed by atoms with Gasteiger partial charge in [0.25, 0.3) is 5.91 Å². The first kappa shape index (κ1) is 19.8. The van der Waals surface area contributed by atoms with Gasteiger partial charge >= 0.3 is 0 Å². The molecule has 1 atom stereocenters. The number of carbonyl (C=O) groups is 1. The molecule has 0 unspecified atom stereocenters. The van der Waals surface area contributed by atoms with Crippen LogP contribution in [0.15, 0.2) is 47.1 Å². The Labute approximate surface area is 180 Å². The summed E-state index contributed by atoms with van der Waals surface area (Å²) in [5, 5.41) is 0. The van der Waals surface area contributed by atoms with E-state index in [-0.39, 0.29) is 11.9 Å². The number of aromatic nitrogens is 2. The molecule has 1 amide bonds. The highest BCUT2D eigenvalue weighted by Gasteiger charge is 2.35. The summed E-state index contributed by atoms with van der Waals surface area (Å²) in [6, 6.07) is 11.2. The summed E-state index contributed by atoms with van der Waals surface area (Å²) in [5.41, 5.74) is 2.93. The van der Waals surface area contributed by atoms with E-state index in [0.29, 0.717) is 18.8 Å². The maximum atomic E-state index is 13.5. The van der Waals surface area contributed by atoms with Gasteiger partial charge in [0, 0.05) is 31.7 Å². The largest absolute Gasteiger partial charge is 0.497 e. The van der Waals surface area contributed by atoms with Crippen LogP contribution >= 0.6 is 0 Å². The second-order valence-electron chi connectivity index (χ2n) is 7.85. The molecular weight excluding hydrogens is 396 g/mol. The smallest absolute Gasteiger partial charge is 0.290 e. The fourth-order valence-corrected chi connectivity index (χ4v) is 4.32. The number of carbonyl (C=O) groups excluding carboxylic acids is 1. The quantitative estimate of drug-likeness (QED) is 0.681. The van der Waals surface area contributed by atoms with Crippen LogP contribution in [0, 0.1) is 0 Å². The molecule has 1 N–H and O–H groups in total. The summed E-state index contributed by atoms with van der Waals surface area (Å²) in [6.45, 7) is 4.48. The molecule has 0 saturated carbocycles. The van der Waals surface area contributed by atoms with E-state index >= 15 is 0 Å². The molecular formula is C23H26N4O4. The Morgan fingerprint density at radius 2 is 1.97 bits per heavy atom. The van der Waals surface area contributed by atoms with Crippen molar-refractivity contribution >= 4 is 5.91 Å². The van der Waals surface area contributed by atoms with Gasteiger partial charge in [0.15, 0.2) is 5.76 Å². The first-order valence-electron chi connectivity index (χ1n) is 10.6. The highest BCUT2D eigenvalue weighted by Crippen LogP contribution is 2.35. The number of nitrogens with zero attached hydrogens (tertiary/aromatic N) is 3. The highest BCUT2D eigenvalue weighted by atomic mass is 16.5. The van der Waals surface area contributed by atoms with Crippen molar-refractivity contribution in [2.75, 3.05) is 40.0 Å². The minimum atomic E-state index is -0.277. The van der Waals surface area contributed by atoms with Crippen LogP contribution in [0.25, 0.3) is 0 Å². The second-order valence-corrected chi connectivity index (χ2v) is 7.85. The first-order chi connectivity index (χ1) is 15.2. The average Bonchev–Trinajstić information content (AvgIpc) is 3.48. The molecule has 1 aromatic carbocycles. The van der Waals surface area contributed by atoms with E-state index < -0.39 is 0 Å². The molecule has 4 heterocycles. The van der Waals surface area contributed by atoms with E-state index in [9.17, 15) is 4.79 Å². The van der Waals surface area contributed by atoms with Gasteiger partial charge in [-0.15, -0.1) is 0 Å². The van der Waals surface area contributed by atoms with Crippen molar-refractivity contribution in [1.29, 1.82) is 0 Å². The Morgan fingerprint density at radius 3 is 2.74 bits per heavy atom. The van der Waals surface area contributed by atoms with Crippen molar-refractivity contribution in [3.8, 4) is 5.75 Å². The third kappa shape index (κ3) is 3.96. The number of H-pyrrole nitrogens is 1. The highest BCUT2D eigenvalue weighted by molar-refractivity contribution is 5.92. The van der Waals surface area contributed by atoms with Gasteiger partial charge in [0.05, 0.1) is 38.9 Å². The lowest BCUT2D eigenvalue weighted by Gasteiger charge is -2.34. The number of furan rings is 1. The van der Waals surface area contributed by atoms with Crippen LogP contribution in [0.5, 0.6) is 5.75 Å². The number of hydrogen-bond acceptors (Lipinski definition) is 6. The predicted molar refractivity (Wildman–Crippen MR) is 113 cm³/mol. The van der Waals surface area contributed by atoms with Crippen molar-refractivity contribution in [2.24, 2.45) is 0 Å². The molecule has 2 aromatic heterocycles. The standard InChI is InChI=1S/C23H26N4O4/c1-29-17-4-2-16(3-5-17)22-21-19(24-15-25-21)8-9-27(22)23(28)20-7-6-18(31-20)14-26-10-12-30-13-11-26/h2-7,15,22H,8-14H2,1H3,(H,24,25)/t22-/m0/s1. The van der Waals surface area contributed by atoms with Crippen LogP contribution in [-0.4, -0.2) is 65.6 Å². The molecule has 0 spiro atoms. The summed E-state index contributed by atoms with van der Waals surface area (Å²) >= 11 is 0. The summed E-state index contributed by atoms with van der Waals surface area (Å²) < 4.78 is 16.7. The van der Waals surface area contributed by atoms with Crippen LogP contribution in [0.2, 0.25) is 0 Å². The van der Waals surface area contributed by atoms with Gasteiger partial charge in [0.2, 0.25) is 0 Å². The number of benzene rings is 1. The maximum Gasteiger partial charge on any atom is 0.290 e. The summed E-state index contributed by atoms with van der Waals surface area (Å²) in [5.74, 6) is 1.81. The van der Waals surface area contributed by atoms with Crippen molar-refractivity contribution in [3.05, 3.63) is 71.2 Å². The Balaban J connectivity index is 1.40. The van der Waals surface area contributed by atoms with Gasteiger partial charge in [-0.3, -0.25) is 9.69 Å². The van der Waals surface area contributed by atoms with Gasteiger partial charge < -0.3 is 23.8 Å². The second kappa shape index (κ2) is 8.56. The average molecular weight is 422 g/mol. The zero-order valence-electron chi connectivity index (χ0n) is 17.5. The molecule has 0 radical (unpaired) electrons. The predicted octanol–water partition coefficient (Wildman–Crippen LogP) is 2.63. The van der Waals surface area contributed by atoms with Gasteiger partial charge in [-0.05, 0) is 29.8 Å².